The zero-order valence-electron chi connectivity index (χ0n) is 13.9. The summed E-state index contributed by atoms with van der Waals surface area (Å²) in [5.41, 5.74) is 22.7. The third-order valence-corrected chi connectivity index (χ3v) is 3.45. The van der Waals surface area contributed by atoms with Crippen LogP contribution in [0.15, 0.2) is 18.5 Å². The lowest BCUT2D eigenvalue weighted by atomic mass is 10.1. The number of amides is 2. The summed E-state index contributed by atoms with van der Waals surface area (Å²) in [4.78, 5) is 32.5. The summed E-state index contributed by atoms with van der Waals surface area (Å²) in [6, 6.07) is 1.53. The van der Waals surface area contributed by atoms with E-state index in [0.29, 0.717) is 52.4 Å². The first-order chi connectivity index (χ1) is 11.6. The zero-order chi connectivity index (χ0) is 17.9. The first-order valence-electron chi connectivity index (χ1n) is 7.93. The van der Waals surface area contributed by atoms with E-state index >= 15 is 0 Å². The van der Waals surface area contributed by atoms with Gasteiger partial charge in [-0.15, -0.1) is 0 Å². The summed E-state index contributed by atoms with van der Waals surface area (Å²) in [7, 11) is 0. The van der Waals surface area contributed by atoms with Crippen LogP contribution in [-0.4, -0.2) is 79.0 Å². The molecule has 0 bridgehead atoms. The molecule has 0 radical (unpaired) electrons. The van der Waals surface area contributed by atoms with Crippen molar-refractivity contribution in [1.82, 2.24) is 14.8 Å². The average Bonchev–Trinajstić information content (AvgIpc) is 2.60. The van der Waals surface area contributed by atoms with Crippen molar-refractivity contribution in [2.75, 3.05) is 52.4 Å². The van der Waals surface area contributed by atoms with Crippen LogP contribution >= 0.6 is 0 Å². The van der Waals surface area contributed by atoms with Gasteiger partial charge in [-0.25, -0.2) is 0 Å². The van der Waals surface area contributed by atoms with E-state index in [9.17, 15) is 9.59 Å². The number of carbonyl (C=O) groups is 2. The molecule has 0 aliphatic heterocycles. The number of nitrogens with zero attached hydrogens (tertiary/aromatic N) is 3. The highest BCUT2D eigenvalue weighted by Crippen LogP contribution is 2.13. The Labute approximate surface area is 142 Å². The molecule has 1 rings (SSSR count). The zero-order valence-corrected chi connectivity index (χ0v) is 13.9. The Morgan fingerprint density at radius 3 is 1.62 bits per heavy atom. The third-order valence-electron chi connectivity index (χ3n) is 3.45. The number of hydrogen-bond acceptors (Lipinski definition) is 7. The van der Waals surface area contributed by atoms with Gasteiger partial charge in [-0.2, -0.15) is 0 Å². The Morgan fingerprint density at radius 2 is 1.21 bits per heavy atom. The molecular formula is C15H27N7O2. The number of aromatic nitrogens is 1. The highest BCUT2D eigenvalue weighted by Gasteiger charge is 2.24. The normalized spacial score (nSPS) is 10.5. The first-order valence-corrected chi connectivity index (χ1v) is 7.93. The molecule has 0 aliphatic rings. The number of hydrogen-bond donors (Lipinski definition) is 4. The molecule has 0 saturated carbocycles. The molecule has 0 fully saturated rings. The van der Waals surface area contributed by atoms with Crippen molar-refractivity contribution in [3.05, 3.63) is 29.6 Å². The Kier molecular flexibility index (Phi) is 8.87. The highest BCUT2D eigenvalue weighted by atomic mass is 16.2. The monoisotopic (exact) mass is 337 g/mol. The van der Waals surface area contributed by atoms with Crippen molar-refractivity contribution < 1.29 is 9.59 Å². The van der Waals surface area contributed by atoms with E-state index in [0.717, 1.165) is 0 Å². The van der Waals surface area contributed by atoms with Gasteiger partial charge in [0.25, 0.3) is 11.8 Å². The molecule has 0 spiro atoms. The molecule has 0 aliphatic carbocycles. The molecule has 134 valence electrons. The third kappa shape index (κ3) is 5.24. The van der Waals surface area contributed by atoms with Crippen LogP contribution in [0.25, 0.3) is 0 Å². The number of pyridine rings is 1. The van der Waals surface area contributed by atoms with Gasteiger partial charge in [0.15, 0.2) is 0 Å². The lowest BCUT2D eigenvalue weighted by Gasteiger charge is -2.25. The topological polar surface area (TPSA) is 158 Å². The van der Waals surface area contributed by atoms with Crippen LogP contribution < -0.4 is 22.9 Å². The van der Waals surface area contributed by atoms with Gasteiger partial charge in [-0.05, 0) is 6.07 Å². The van der Waals surface area contributed by atoms with Crippen LogP contribution in [0.3, 0.4) is 0 Å². The van der Waals surface area contributed by atoms with Crippen LogP contribution in [0.2, 0.25) is 0 Å². The van der Waals surface area contributed by atoms with Gasteiger partial charge >= 0.3 is 0 Å². The van der Waals surface area contributed by atoms with E-state index in [2.05, 4.69) is 4.98 Å². The summed E-state index contributed by atoms with van der Waals surface area (Å²) >= 11 is 0. The maximum atomic E-state index is 12.8. The quantitative estimate of drug-likeness (QED) is 0.377. The summed E-state index contributed by atoms with van der Waals surface area (Å²) < 4.78 is 0. The van der Waals surface area contributed by atoms with E-state index in [1.54, 1.807) is 0 Å². The smallest absolute Gasteiger partial charge is 0.256 e. The standard InChI is InChI=1S/C15H27N7O2/c16-2-7-21(8-3-17)14(23)12-1-6-20-11-13(12)15(24)22(9-4-18)10-5-19/h1,6,11H,2-5,7-10,16-19H2. The van der Waals surface area contributed by atoms with Gasteiger partial charge in [0.2, 0.25) is 0 Å². The van der Waals surface area contributed by atoms with Crippen molar-refractivity contribution in [2.24, 2.45) is 22.9 Å². The largest absolute Gasteiger partial charge is 0.336 e. The Morgan fingerprint density at radius 1 is 0.792 bits per heavy atom. The number of nitrogens with two attached hydrogens (primary N) is 4. The van der Waals surface area contributed by atoms with Crippen LogP contribution in [0.1, 0.15) is 20.7 Å². The van der Waals surface area contributed by atoms with Crippen LogP contribution in [0, 0.1) is 0 Å². The average molecular weight is 337 g/mol. The minimum atomic E-state index is -0.317. The van der Waals surface area contributed by atoms with Crippen molar-refractivity contribution in [3.63, 3.8) is 0 Å². The highest BCUT2D eigenvalue weighted by molar-refractivity contribution is 6.07. The van der Waals surface area contributed by atoms with Gasteiger partial charge in [0.1, 0.15) is 0 Å². The Balaban J connectivity index is 3.13. The predicted molar refractivity (Wildman–Crippen MR) is 92.3 cm³/mol. The minimum absolute atomic E-state index is 0.225. The molecule has 24 heavy (non-hydrogen) atoms. The molecular weight excluding hydrogens is 310 g/mol. The predicted octanol–water partition coefficient (Wildman–Crippen LogP) is -2.20. The number of carbonyl (C=O) groups excluding carboxylic acids is 2. The van der Waals surface area contributed by atoms with Gasteiger partial charge in [-0.1, -0.05) is 0 Å². The number of rotatable bonds is 10. The lowest BCUT2D eigenvalue weighted by molar-refractivity contribution is 0.0725. The molecule has 9 nitrogen and oxygen atoms in total. The van der Waals surface area contributed by atoms with E-state index in [-0.39, 0.29) is 22.9 Å². The van der Waals surface area contributed by atoms with E-state index in [1.807, 2.05) is 0 Å². The lowest BCUT2D eigenvalue weighted by Crippen LogP contribution is -2.42. The van der Waals surface area contributed by atoms with Gasteiger partial charge in [-0.3, -0.25) is 14.6 Å². The molecule has 0 aromatic carbocycles. The van der Waals surface area contributed by atoms with Crippen molar-refractivity contribution in [3.8, 4) is 0 Å². The fourth-order valence-corrected chi connectivity index (χ4v) is 2.35. The second kappa shape index (κ2) is 10.7. The van der Waals surface area contributed by atoms with Gasteiger partial charge in [0.05, 0.1) is 11.1 Å². The van der Waals surface area contributed by atoms with Gasteiger partial charge in [0, 0.05) is 64.8 Å². The van der Waals surface area contributed by atoms with E-state index in [4.69, 9.17) is 22.9 Å². The van der Waals surface area contributed by atoms with Crippen molar-refractivity contribution >= 4 is 11.8 Å². The fourth-order valence-electron chi connectivity index (χ4n) is 2.35. The van der Waals surface area contributed by atoms with Crippen LogP contribution in [0.4, 0.5) is 0 Å². The molecule has 1 aromatic heterocycles. The molecule has 1 heterocycles. The fraction of sp³-hybridized carbons (Fsp3) is 0.533. The SMILES string of the molecule is NCCN(CCN)C(=O)c1ccncc1C(=O)N(CCN)CCN. The van der Waals surface area contributed by atoms with E-state index < -0.39 is 0 Å². The second-order valence-corrected chi connectivity index (χ2v) is 5.16. The molecule has 0 unspecified atom stereocenters. The summed E-state index contributed by atoms with van der Waals surface area (Å²) in [5.74, 6) is -0.611. The Bertz CT molecular complexity index is 479. The second-order valence-electron chi connectivity index (χ2n) is 5.16. The molecule has 0 atom stereocenters. The Hall–Kier alpha value is -2.07. The van der Waals surface area contributed by atoms with Crippen LogP contribution in [-0.2, 0) is 0 Å². The van der Waals surface area contributed by atoms with Crippen molar-refractivity contribution in [1.29, 1.82) is 0 Å². The van der Waals surface area contributed by atoms with Crippen molar-refractivity contribution in [2.45, 2.75) is 0 Å². The summed E-state index contributed by atoms with van der Waals surface area (Å²) in [5, 5.41) is 0. The van der Waals surface area contributed by atoms with Gasteiger partial charge < -0.3 is 32.7 Å². The van der Waals surface area contributed by atoms with Crippen LogP contribution in [0.5, 0.6) is 0 Å². The molecule has 2 amide bonds. The minimum Gasteiger partial charge on any atom is -0.336 e. The molecule has 0 saturated heterocycles. The first kappa shape index (κ1) is 20.0. The summed E-state index contributed by atoms with van der Waals surface area (Å²) in [6.07, 6.45) is 2.86. The maximum absolute atomic E-state index is 12.8. The molecule has 8 N–H and O–H groups in total. The maximum Gasteiger partial charge on any atom is 0.256 e. The summed E-state index contributed by atoms with van der Waals surface area (Å²) in [6.45, 7) is 2.67. The molecule has 1 aromatic rings. The van der Waals surface area contributed by atoms with E-state index in [1.165, 1.54) is 28.3 Å². The molecule has 9 heteroatoms.